The summed E-state index contributed by atoms with van der Waals surface area (Å²) in [6.07, 6.45) is 0.899. The van der Waals surface area contributed by atoms with Gasteiger partial charge in [0.2, 0.25) is 5.91 Å². The van der Waals surface area contributed by atoms with E-state index in [-0.39, 0.29) is 41.8 Å². The summed E-state index contributed by atoms with van der Waals surface area (Å²) in [6.45, 7) is 10.5. The first-order chi connectivity index (χ1) is 11.4. The Labute approximate surface area is 173 Å². The molecular weight excluding hydrogens is 451 g/mol. The minimum atomic E-state index is -0.0760. The monoisotopic (exact) mass is 480 g/mol. The lowest BCUT2D eigenvalue weighted by atomic mass is 9.86. The Kier molecular flexibility index (Phi) is 11.8. The second-order valence-electron chi connectivity index (χ2n) is 6.47. The molecule has 25 heavy (non-hydrogen) atoms. The molecule has 0 saturated carbocycles. The van der Waals surface area contributed by atoms with E-state index in [0.29, 0.717) is 12.5 Å². The molecule has 0 atom stereocenters. The average Bonchev–Trinajstić information content (AvgIpc) is 2.50. The molecule has 0 radical (unpaired) electrons. The summed E-state index contributed by atoms with van der Waals surface area (Å²) >= 11 is 6.06. The number of nitrogens with one attached hydrogen (secondary N) is 3. The minimum Gasteiger partial charge on any atom is -0.357 e. The highest BCUT2D eigenvalue weighted by Crippen LogP contribution is 2.22. The number of likely N-dealkylation sites (N-methyl/N-ethyl adjacent to an activating group) is 1. The molecule has 0 aliphatic rings. The number of hydrogen-bond acceptors (Lipinski definition) is 2. The van der Waals surface area contributed by atoms with Crippen LogP contribution in [-0.2, 0) is 11.2 Å². The Bertz CT molecular complexity index is 564. The molecular formula is C18H30ClIN4O. The zero-order valence-corrected chi connectivity index (χ0v) is 18.6. The summed E-state index contributed by atoms with van der Waals surface area (Å²) in [6, 6.07) is 7.94. The van der Waals surface area contributed by atoms with Gasteiger partial charge >= 0.3 is 0 Å². The van der Waals surface area contributed by atoms with E-state index in [9.17, 15) is 4.79 Å². The number of carbonyl (C=O) groups excluding carboxylic acids is 1. The lowest BCUT2D eigenvalue weighted by molar-refractivity contribution is -0.119. The first kappa shape index (κ1) is 24.0. The van der Waals surface area contributed by atoms with Crippen molar-refractivity contribution in [3.05, 3.63) is 34.9 Å². The van der Waals surface area contributed by atoms with Crippen LogP contribution in [0.2, 0.25) is 5.02 Å². The fourth-order valence-corrected chi connectivity index (χ4v) is 2.54. The molecule has 142 valence electrons. The fraction of sp³-hybridized carbons (Fsp3) is 0.556. The van der Waals surface area contributed by atoms with Crippen molar-refractivity contribution in [3.8, 4) is 0 Å². The van der Waals surface area contributed by atoms with Crippen molar-refractivity contribution in [1.29, 1.82) is 0 Å². The molecule has 0 aliphatic carbocycles. The predicted octanol–water partition coefficient (Wildman–Crippen LogP) is 3.22. The number of carbonyl (C=O) groups is 1. The molecule has 5 nitrogen and oxygen atoms in total. The molecule has 0 heterocycles. The molecule has 1 aromatic rings. The third kappa shape index (κ3) is 10.5. The summed E-state index contributed by atoms with van der Waals surface area (Å²) in [5.41, 5.74) is 1.23. The van der Waals surface area contributed by atoms with Crippen molar-refractivity contribution < 1.29 is 4.79 Å². The number of guanidine groups is 1. The van der Waals surface area contributed by atoms with E-state index in [4.69, 9.17) is 11.6 Å². The molecule has 0 unspecified atom stereocenters. The fourth-order valence-electron chi connectivity index (χ4n) is 2.33. The van der Waals surface area contributed by atoms with Crippen molar-refractivity contribution in [2.45, 2.75) is 34.1 Å². The molecule has 7 heteroatoms. The normalized spacial score (nSPS) is 11.5. The van der Waals surface area contributed by atoms with Gasteiger partial charge < -0.3 is 16.0 Å². The van der Waals surface area contributed by atoms with E-state index in [2.05, 4.69) is 40.9 Å². The Morgan fingerprint density at radius 1 is 1.16 bits per heavy atom. The van der Waals surface area contributed by atoms with Crippen LogP contribution in [0.1, 0.15) is 33.3 Å². The molecule has 1 amide bonds. The SMILES string of the molecule is CCNC(=O)CN=C(NCC)NCC(C)(C)Cc1cccc(Cl)c1.I. The van der Waals surface area contributed by atoms with Gasteiger partial charge in [0.15, 0.2) is 5.96 Å². The Balaban J connectivity index is 0.00000576. The van der Waals surface area contributed by atoms with Gasteiger partial charge in [-0.2, -0.15) is 0 Å². The van der Waals surface area contributed by atoms with E-state index >= 15 is 0 Å². The quantitative estimate of drug-likeness (QED) is 0.304. The van der Waals surface area contributed by atoms with Crippen LogP contribution in [0.4, 0.5) is 0 Å². The third-order valence-electron chi connectivity index (χ3n) is 3.41. The van der Waals surface area contributed by atoms with E-state index in [1.54, 1.807) is 0 Å². The van der Waals surface area contributed by atoms with Gasteiger partial charge in [-0.15, -0.1) is 24.0 Å². The highest BCUT2D eigenvalue weighted by atomic mass is 127. The summed E-state index contributed by atoms with van der Waals surface area (Å²) in [5.74, 6) is 0.579. The Morgan fingerprint density at radius 3 is 2.44 bits per heavy atom. The van der Waals surface area contributed by atoms with Gasteiger partial charge in [-0.05, 0) is 43.4 Å². The number of aliphatic imine (C=N–C) groups is 1. The van der Waals surface area contributed by atoms with Crippen LogP contribution < -0.4 is 16.0 Å². The van der Waals surface area contributed by atoms with Gasteiger partial charge in [0, 0.05) is 24.7 Å². The first-order valence-electron chi connectivity index (χ1n) is 8.39. The number of benzene rings is 1. The predicted molar refractivity (Wildman–Crippen MR) is 117 cm³/mol. The van der Waals surface area contributed by atoms with E-state index in [0.717, 1.165) is 24.5 Å². The molecule has 0 bridgehead atoms. The van der Waals surface area contributed by atoms with Gasteiger partial charge in [-0.1, -0.05) is 37.6 Å². The molecule has 1 aromatic carbocycles. The topological polar surface area (TPSA) is 65.5 Å². The zero-order valence-electron chi connectivity index (χ0n) is 15.5. The number of amides is 1. The first-order valence-corrected chi connectivity index (χ1v) is 8.77. The standard InChI is InChI=1S/C18H29ClN4O.HI/c1-5-20-16(24)12-22-17(21-6-2)23-13-18(3,4)11-14-8-7-9-15(19)10-14;/h7-10H,5-6,11-13H2,1-4H3,(H,20,24)(H2,21,22,23);1H. The molecule has 0 aliphatic heterocycles. The van der Waals surface area contributed by atoms with Crippen molar-refractivity contribution in [2.75, 3.05) is 26.2 Å². The van der Waals surface area contributed by atoms with E-state index < -0.39 is 0 Å². The van der Waals surface area contributed by atoms with Crippen LogP contribution in [0, 0.1) is 5.41 Å². The lowest BCUT2D eigenvalue weighted by Crippen LogP contribution is -2.43. The van der Waals surface area contributed by atoms with Crippen LogP contribution in [0.3, 0.4) is 0 Å². The van der Waals surface area contributed by atoms with Gasteiger partial charge in [-0.25, -0.2) is 4.99 Å². The van der Waals surface area contributed by atoms with Gasteiger partial charge in [0.05, 0.1) is 0 Å². The van der Waals surface area contributed by atoms with Crippen molar-refractivity contribution >= 4 is 47.4 Å². The maximum atomic E-state index is 11.5. The Hall–Kier alpha value is -1.02. The zero-order chi connectivity index (χ0) is 18.0. The van der Waals surface area contributed by atoms with Crippen LogP contribution in [0.25, 0.3) is 0 Å². The minimum absolute atomic E-state index is 0. The van der Waals surface area contributed by atoms with Crippen molar-refractivity contribution in [2.24, 2.45) is 10.4 Å². The van der Waals surface area contributed by atoms with Gasteiger partial charge in [-0.3, -0.25) is 4.79 Å². The molecule has 0 aromatic heterocycles. The van der Waals surface area contributed by atoms with Crippen LogP contribution in [-0.4, -0.2) is 38.0 Å². The third-order valence-corrected chi connectivity index (χ3v) is 3.64. The number of halogens is 2. The number of nitrogens with zero attached hydrogens (tertiary/aromatic N) is 1. The molecule has 1 rings (SSSR count). The average molecular weight is 481 g/mol. The number of rotatable bonds is 8. The van der Waals surface area contributed by atoms with Gasteiger partial charge in [0.25, 0.3) is 0 Å². The lowest BCUT2D eigenvalue weighted by Gasteiger charge is -2.26. The second-order valence-corrected chi connectivity index (χ2v) is 6.91. The van der Waals surface area contributed by atoms with Crippen LogP contribution in [0.5, 0.6) is 0 Å². The van der Waals surface area contributed by atoms with Crippen molar-refractivity contribution in [1.82, 2.24) is 16.0 Å². The van der Waals surface area contributed by atoms with Crippen LogP contribution >= 0.6 is 35.6 Å². The summed E-state index contributed by atoms with van der Waals surface area (Å²) in [4.78, 5) is 15.9. The summed E-state index contributed by atoms with van der Waals surface area (Å²) in [5, 5.41) is 9.98. The van der Waals surface area contributed by atoms with Crippen LogP contribution in [0.15, 0.2) is 29.3 Å². The summed E-state index contributed by atoms with van der Waals surface area (Å²) in [7, 11) is 0. The molecule has 3 N–H and O–H groups in total. The smallest absolute Gasteiger partial charge is 0.241 e. The molecule has 0 spiro atoms. The maximum Gasteiger partial charge on any atom is 0.241 e. The van der Waals surface area contributed by atoms with Crippen molar-refractivity contribution in [3.63, 3.8) is 0 Å². The van der Waals surface area contributed by atoms with E-state index in [1.165, 1.54) is 5.56 Å². The van der Waals surface area contributed by atoms with Gasteiger partial charge in [0.1, 0.15) is 6.54 Å². The highest BCUT2D eigenvalue weighted by molar-refractivity contribution is 14.0. The highest BCUT2D eigenvalue weighted by Gasteiger charge is 2.19. The Morgan fingerprint density at radius 2 is 1.84 bits per heavy atom. The summed E-state index contributed by atoms with van der Waals surface area (Å²) < 4.78 is 0. The van der Waals surface area contributed by atoms with E-state index in [1.807, 2.05) is 32.0 Å². The maximum absolute atomic E-state index is 11.5. The largest absolute Gasteiger partial charge is 0.357 e. The number of hydrogen-bond donors (Lipinski definition) is 3. The molecule has 0 saturated heterocycles. The second kappa shape index (κ2) is 12.4. The molecule has 0 fully saturated rings.